The molecule has 1 N–H and O–H groups in total. The number of nitrogens with one attached hydrogen (secondary N) is 1. The minimum atomic E-state index is 0.369. The normalized spacial score (nSPS) is 19.7. The predicted molar refractivity (Wildman–Crippen MR) is 68.4 cm³/mol. The SMILES string of the molecule is CCCc1noc(-c2cn([C@H]3CCCNC3)nn2)n1. The average molecular weight is 262 g/mol. The van der Waals surface area contributed by atoms with Crippen molar-refractivity contribution in [1.29, 1.82) is 0 Å². The number of rotatable bonds is 4. The summed E-state index contributed by atoms with van der Waals surface area (Å²) in [7, 11) is 0. The van der Waals surface area contributed by atoms with E-state index in [0.29, 0.717) is 17.6 Å². The van der Waals surface area contributed by atoms with Crippen molar-refractivity contribution in [3.8, 4) is 11.6 Å². The molecule has 1 saturated heterocycles. The zero-order valence-electron chi connectivity index (χ0n) is 11.0. The molecule has 1 aliphatic heterocycles. The van der Waals surface area contributed by atoms with Crippen molar-refractivity contribution < 1.29 is 4.52 Å². The van der Waals surface area contributed by atoms with Gasteiger partial charge in [0.15, 0.2) is 11.5 Å². The van der Waals surface area contributed by atoms with E-state index in [1.165, 1.54) is 6.42 Å². The van der Waals surface area contributed by atoms with Gasteiger partial charge in [0.05, 0.1) is 12.2 Å². The van der Waals surface area contributed by atoms with E-state index in [1.54, 1.807) is 0 Å². The minimum absolute atomic E-state index is 0.369. The third-order valence-corrected chi connectivity index (χ3v) is 3.32. The predicted octanol–water partition coefficient (Wildman–Crippen LogP) is 1.21. The molecule has 1 atom stereocenters. The molecule has 7 heteroatoms. The molecule has 3 heterocycles. The molecule has 0 spiro atoms. The van der Waals surface area contributed by atoms with Gasteiger partial charge in [-0.05, 0) is 25.8 Å². The lowest BCUT2D eigenvalue weighted by Crippen LogP contribution is -2.31. The van der Waals surface area contributed by atoms with Crippen LogP contribution in [-0.4, -0.2) is 38.2 Å². The maximum atomic E-state index is 5.21. The molecular formula is C12H18N6O. The maximum absolute atomic E-state index is 5.21. The number of hydrogen-bond acceptors (Lipinski definition) is 6. The topological polar surface area (TPSA) is 81.7 Å². The summed E-state index contributed by atoms with van der Waals surface area (Å²) in [6.45, 7) is 4.11. The fraction of sp³-hybridized carbons (Fsp3) is 0.667. The van der Waals surface area contributed by atoms with Crippen molar-refractivity contribution in [2.45, 2.75) is 38.6 Å². The molecule has 0 radical (unpaired) electrons. The summed E-state index contributed by atoms with van der Waals surface area (Å²) in [6.07, 6.45) is 6.01. The number of nitrogens with zero attached hydrogens (tertiary/aromatic N) is 5. The van der Waals surface area contributed by atoms with Crippen molar-refractivity contribution in [2.24, 2.45) is 0 Å². The lowest BCUT2D eigenvalue weighted by Gasteiger charge is -2.22. The summed E-state index contributed by atoms with van der Waals surface area (Å²) in [5, 5.41) is 15.6. The summed E-state index contributed by atoms with van der Waals surface area (Å²) in [5.74, 6) is 1.19. The molecule has 7 nitrogen and oxygen atoms in total. The highest BCUT2D eigenvalue weighted by Crippen LogP contribution is 2.19. The van der Waals surface area contributed by atoms with Gasteiger partial charge in [0.1, 0.15) is 0 Å². The molecule has 0 aliphatic carbocycles. The highest BCUT2D eigenvalue weighted by Gasteiger charge is 2.18. The van der Waals surface area contributed by atoms with Crippen molar-refractivity contribution in [3.63, 3.8) is 0 Å². The van der Waals surface area contributed by atoms with E-state index in [4.69, 9.17) is 4.52 Å². The zero-order chi connectivity index (χ0) is 13.1. The summed E-state index contributed by atoms with van der Waals surface area (Å²) >= 11 is 0. The Balaban J connectivity index is 1.75. The van der Waals surface area contributed by atoms with Crippen LogP contribution in [0.5, 0.6) is 0 Å². The fourth-order valence-electron chi connectivity index (χ4n) is 2.30. The van der Waals surface area contributed by atoms with Gasteiger partial charge >= 0.3 is 0 Å². The van der Waals surface area contributed by atoms with Crippen LogP contribution in [0.25, 0.3) is 11.6 Å². The van der Waals surface area contributed by atoms with E-state index in [2.05, 4.69) is 32.7 Å². The first-order valence-electron chi connectivity index (χ1n) is 6.82. The van der Waals surface area contributed by atoms with E-state index in [1.807, 2.05) is 10.9 Å². The first-order chi connectivity index (χ1) is 9.36. The second kappa shape index (κ2) is 5.48. The molecule has 0 bridgehead atoms. The highest BCUT2D eigenvalue weighted by atomic mass is 16.5. The van der Waals surface area contributed by atoms with E-state index in [0.717, 1.165) is 38.2 Å². The average Bonchev–Trinajstić information content (AvgIpc) is 3.08. The summed E-state index contributed by atoms with van der Waals surface area (Å²) < 4.78 is 7.11. The Morgan fingerprint density at radius 3 is 3.26 bits per heavy atom. The molecule has 2 aromatic rings. The molecule has 0 aromatic carbocycles. The van der Waals surface area contributed by atoms with Gasteiger partial charge < -0.3 is 9.84 Å². The third-order valence-electron chi connectivity index (χ3n) is 3.32. The first kappa shape index (κ1) is 12.3. The van der Waals surface area contributed by atoms with Crippen LogP contribution in [-0.2, 0) is 6.42 Å². The van der Waals surface area contributed by atoms with Gasteiger partial charge in [0.2, 0.25) is 0 Å². The Labute approximate surface area is 111 Å². The number of hydrogen-bond donors (Lipinski definition) is 1. The van der Waals surface area contributed by atoms with Crippen molar-refractivity contribution >= 4 is 0 Å². The van der Waals surface area contributed by atoms with E-state index in [9.17, 15) is 0 Å². The number of aromatic nitrogens is 5. The van der Waals surface area contributed by atoms with Crippen LogP contribution < -0.4 is 5.32 Å². The smallest absolute Gasteiger partial charge is 0.280 e. The third kappa shape index (κ3) is 2.65. The molecular weight excluding hydrogens is 244 g/mol. The van der Waals surface area contributed by atoms with Crippen LogP contribution >= 0.6 is 0 Å². The Kier molecular flexibility index (Phi) is 3.54. The van der Waals surface area contributed by atoms with E-state index >= 15 is 0 Å². The maximum Gasteiger partial charge on any atom is 0.280 e. The second-order valence-electron chi connectivity index (χ2n) is 4.85. The van der Waals surface area contributed by atoms with E-state index in [-0.39, 0.29) is 0 Å². The molecule has 2 aromatic heterocycles. The molecule has 3 rings (SSSR count). The van der Waals surface area contributed by atoms with Crippen molar-refractivity contribution in [3.05, 3.63) is 12.0 Å². The number of piperidine rings is 1. The molecule has 0 unspecified atom stereocenters. The number of aryl methyl sites for hydroxylation is 1. The van der Waals surface area contributed by atoms with Crippen LogP contribution in [0.15, 0.2) is 10.7 Å². The fourth-order valence-corrected chi connectivity index (χ4v) is 2.30. The monoisotopic (exact) mass is 262 g/mol. The van der Waals surface area contributed by atoms with Gasteiger partial charge in [-0.25, -0.2) is 4.68 Å². The molecule has 102 valence electrons. The summed E-state index contributed by atoms with van der Waals surface area (Å²) in [6, 6.07) is 0.369. The van der Waals surface area contributed by atoms with Gasteiger partial charge in [-0.2, -0.15) is 4.98 Å². The van der Waals surface area contributed by atoms with Crippen LogP contribution in [0, 0.1) is 0 Å². The molecule has 1 aliphatic rings. The Bertz CT molecular complexity index is 528. The Hall–Kier alpha value is -1.76. The van der Waals surface area contributed by atoms with Gasteiger partial charge in [-0.1, -0.05) is 17.3 Å². The van der Waals surface area contributed by atoms with Gasteiger partial charge in [0, 0.05) is 13.0 Å². The quantitative estimate of drug-likeness (QED) is 0.891. The standard InChI is InChI=1S/C12H18N6O/c1-2-4-11-14-12(19-16-11)10-8-18(17-15-10)9-5-3-6-13-7-9/h8-9,13H,2-7H2,1H3/t9-/m0/s1. The zero-order valence-corrected chi connectivity index (χ0v) is 11.0. The molecule has 0 amide bonds. The van der Waals surface area contributed by atoms with Gasteiger partial charge in [-0.3, -0.25) is 0 Å². The second-order valence-corrected chi connectivity index (χ2v) is 4.85. The van der Waals surface area contributed by atoms with Crippen LogP contribution in [0.1, 0.15) is 38.1 Å². The lowest BCUT2D eigenvalue weighted by molar-refractivity contribution is 0.341. The Morgan fingerprint density at radius 2 is 2.47 bits per heavy atom. The molecule has 19 heavy (non-hydrogen) atoms. The van der Waals surface area contributed by atoms with Gasteiger partial charge in [0.25, 0.3) is 5.89 Å². The van der Waals surface area contributed by atoms with Crippen LogP contribution in [0.4, 0.5) is 0 Å². The lowest BCUT2D eigenvalue weighted by atomic mass is 10.1. The van der Waals surface area contributed by atoms with Crippen LogP contribution in [0.2, 0.25) is 0 Å². The summed E-state index contributed by atoms with van der Waals surface area (Å²) in [5.41, 5.74) is 0.653. The summed E-state index contributed by atoms with van der Waals surface area (Å²) in [4.78, 5) is 4.32. The van der Waals surface area contributed by atoms with Gasteiger partial charge in [-0.15, -0.1) is 5.10 Å². The van der Waals surface area contributed by atoms with E-state index < -0.39 is 0 Å². The van der Waals surface area contributed by atoms with Crippen LogP contribution in [0.3, 0.4) is 0 Å². The highest BCUT2D eigenvalue weighted by molar-refractivity contribution is 5.43. The van der Waals surface area contributed by atoms with Crippen molar-refractivity contribution in [1.82, 2.24) is 30.5 Å². The molecule has 0 saturated carbocycles. The Morgan fingerprint density at radius 1 is 1.53 bits per heavy atom. The molecule has 1 fully saturated rings. The largest absolute Gasteiger partial charge is 0.332 e. The van der Waals surface area contributed by atoms with Crippen molar-refractivity contribution in [2.75, 3.05) is 13.1 Å². The minimum Gasteiger partial charge on any atom is -0.332 e. The first-order valence-corrected chi connectivity index (χ1v) is 6.82.